The molecule has 1 atom stereocenters. The van der Waals surface area contributed by atoms with Crippen LogP contribution in [0.15, 0.2) is 29.6 Å². The summed E-state index contributed by atoms with van der Waals surface area (Å²) in [6, 6.07) is 7.20. The number of amides is 2. The first-order chi connectivity index (χ1) is 11.0. The fourth-order valence-electron chi connectivity index (χ4n) is 2.48. The molecule has 7 heteroatoms. The minimum absolute atomic E-state index is 0.385. The number of ether oxygens (including phenoxy) is 1. The normalized spacial score (nSPS) is 20.0. The van der Waals surface area contributed by atoms with Crippen molar-refractivity contribution in [3.05, 3.63) is 35.3 Å². The van der Waals surface area contributed by atoms with E-state index >= 15 is 0 Å². The van der Waals surface area contributed by atoms with Crippen molar-refractivity contribution in [2.24, 2.45) is 0 Å². The van der Waals surface area contributed by atoms with Gasteiger partial charge in [-0.2, -0.15) is 0 Å². The molecule has 1 aliphatic rings. The first kappa shape index (κ1) is 15.5. The van der Waals surface area contributed by atoms with E-state index in [0.29, 0.717) is 23.1 Å². The maximum absolute atomic E-state index is 12.8. The molecule has 1 aliphatic heterocycles. The molecule has 3 rings (SSSR count). The molecule has 1 N–H and O–H groups in total. The molecule has 120 valence electrons. The number of thiazole rings is 1. The van der Waals surface area contributed by atoms with Gasteiger partial charge in [-0.05, 0) is 32.9 Å². The lowest BCUT2D eigenvalue weighted by molar-refractivity contribution is -0.145. The van der Waals surface area contributed by atoms with Gasteiger partial charge in [-0.25, -0.2) is 4.98 Å². The van der Waals surface area contributed by atoms with Gasteiger partial charge in [-0.3, -0.25) is 14.9 Å². The maximum atomic E-state index is 12.8. The number of aryl methyl sites for hydroxylation is 1. The lowest BCUT2D eigenvalue weighted by Gasteiger charge is -2.38. The molecule has 2 heterocycles. The number of aromatic nitrogens is 1. The summed E-state index contributed by atoms with van der Waals surface area (Å²) in [4.78, 5) is 31.2. The van der Waals surface area contributed by atoms with Crippen molar-refractivity contribution in [1.82, 2.24) is 4.98 Å². The number of carbonyl (C=O) groups excluding carboxylic acids is 2. The van der Waals surface area contributed by atoms with Crippen molar-refractivity contribution in [3.63, 3.8) is 0 Å². The van der Waals surface area contributed by atoms with E-state index < -0.39 is 11.5 Å². The Labute approximate surface area is 138 Å². The summed E-state index contributed by atoms with van der Waals surface area (Å²) in [5, 5.41) is 4.95. The second-order valence-electron chi connectivity index (χ2n) is 5.40. The van der Waals surface area contributed by atoms with Crippen LogP contribution >= 0.6 is 11.3 Å². The van der Waals surface area contributed by atoms with Gasteiger partial charge >= 0.3 is 0 Å². The van der Waals surface area contributed by atoms with Crippen molar-refractivity contribution < 1.29 is 14.3 Å². The molecular weight excluding hydrogens is 314 g/mol. The van der Waals surface area contributed by atoms with E-state index in [4.69, 9.17) is 4.74 Å². The van der Waals surface area contributed by atoms with Crippen LogP contribution in [0.1, 0.15) is 19.5 Å². The van der Waals surface area contributed by atoms with Crippen LogP contribution in [0.25, 0.3) is 0 Å². The Morgan fingerprint density at radius 2 is 2.17 bits per heavy atom. The van der Waals surface area contributed by atoms with E-state index in [9.17, 15) is 9.59 Å². The van der Waals surface area contributed by atoms with E-state index in [1.807, 2.05) is 31.4 Å². The van der Waals surface area contributed by atoms with Crippen LogP contribution in [0.5, 0.6) is 5.75 Å². The van der Waals surface area contributed by atoms with Gasteiger partial charge < -0.3 is 9.64 Å². The molecule has 2 aromatic rings. The Morgan fingerprint density at radius 3 is 2.83 bits per heavy atom. The Balaban J connectivity index is 1.94. The predicted octanol–water partition coefficient (Wildman–Crippen LogP) is 2.59. The van der Waals surface area contributed by atoms with Gasteiger partial charge in [-0.15, -0.1) is 11.3 Å². The fraction of sp³-hybridized carbons (Fsp3) is 0.312. The fourth-order valence-corrected chi connectivity index (χ4v) is 3.17. The zero-order chi connectivity index (χ0) is 16.6. The number of nitrogens with one attached hydrogen (secondary N) is 1. The third-order valence-electron chi connectivity index (χ3n) is 3.71. The summed E-state index contributed by atoms with van der Waals surface area (Å²) < 4.78 is 5.78. The van der Waals surface area contributed by atoms with Crippen LogP contribution < -0.4 is 15.0 Å². The highest BCUT2D eigenvalue weighted by Crippen LogP contribution is 2.38. The van der Waals surface area contributed by atoms with Crippen molar-refractivity contribution in [2.45, 2.75) is 26.4 Å². The van der Waals surface area contributed by atoms with E-state index in [1.165, 1.54) is 18.3 Å². The number of fused-ring (bicyclic) bond motifs is 1. The van der Waals surface area contributed by atoms with Crippen molar-refractivity contribution in [3.8, 4) is 5.75 Å². The number of rotatable bonds is 3. The van der Waals surface area contributed by atoms with Gasteiger partial charge in [0.15, 0.2) is 5.13 Å². The number of para-hydroxylation sites is 2. The Morgan fingerprint density at radius 1 is 1.43 bits per heavy atom. The highest BCUT2D eigenvalue weighted by atomic mass is 32.1. The van der Waals surface area contributed by atoms with Crippen molar-refractivity contribution in [1.29, 1.82) is 0 Å². The highest BCUT2D eigenvalue weighted by Gasteiger charge is 2.50. The summed E-state index contributed by atoms with van der Waals surface area (Å²) >= 11 is 1.31. The van der Waals surface area contributed by atoms with Crippen LogP contribution in [0.2, 0.25) is 0 Å². The summed E-state index contributed by atoms with van der Waals surface area (Å²) in [7, 11) is 0. The van der Waals surface area contributed by atoms with Gasteiger partial charge in [0.2, 0.25) is 0 Å². The number of nitrogens with zero attached hydrogens (tertiary/aromatic N) is 2. The van der Waals surface area contributed by atoms with Crippen molar-refractivity contribution in [2.75, 3.05) is 16.8 Å². The van der Waals surface area contributed by atoms with Gasteiger partial charge in [0.1, 0.15) is 5.75 Å². The molecule has 1 unspecified atom stereocenters. The third kappa shape index (κ3) is 2.57. The number of hydrogen-bond acceptors (Lipinski definition) is 5. The minimum atomic E-state index is -1.62. The molecule has 0 aliphatic carbocycles. The molecule has 1 aromatic carbocycles. The molecule has 0 saturated carbocycles. The predicted molar refractivity (Wildman–Crippen MR) is 89.0 cm³/mol. The molecule has 6 nitrogen and oxygen atoms in total. The summed E-state index contributed by atoms with van der Waals surface area (Å²) in [5.74, 6) is -0.392. The first-order valence-electron chi connectivity index (χ1n) is 7.29. The number of anilines is 2. The van der Waals surface area contributed by atoms with Gasteiger partial charge in [-0.1, -0.05) is 12.1 Å². The van der Waals surface area contributed by atoms with Crippen LogP contribution in [0.3, 0.4) is 0 Å². The summed E-state index contributed by atoms with van der Waals surface area (Å²) in [6.45, 7) is 5.65. The smallest absolute Gasteiger partial charge is 0.280 e. The molecule has 0 bridgehead atoms. The summed E-state index contributed by atoms with van der Waals surface area (Å²) in [5.41, 5.74) is -0.133. The zero-order valence-electron chi connectivity index (χ0n) is 13.1. The Kier molecular flexibility index (Phi) is 3.81. The number of likely N-dealkylation sites (N-methyl/N-ethyl adjacent to an activating group) is 1. The van der Waals surface area contributed by atoms with Crippen molar-refractivity contribution >= 4 is 34.0 Å². The van der Waals surface area contributed by atoms with Crippen LogP contribution in [0.4, 0.5) is 10.8 Å². The van der Waals surface area contributed by atoms with E-state index in [0.717, 1.165) is 5.69 Å². The van der Waals surface area contributed by atoms with Gasteiger partial charge in [0.05, 0.1) is 11.4 Å². The van der Waals surface area contributed by atoms with E-state index in [2.05, 4.69) is 10.3 Å². The maximum Gasteiger partial charge on any atom is 0.280 e. The van der Waals surface area contributed by atoms with E-state index in [1.54, 1.807) is 17.0 Å². The average Bonchev–Trinajstić information content (AvgIpc) is 2.93. The molecule has 1 aromatic heterocycles. The average molecular weight is 331 g/mol. The largest absolute Gasteiger partial charge is 0.465 e. The third-order valence-corrected chi connectivity index (χ3v) is 4.59. The quantitative estimate of drug-likeness (QED) is 0.878. The molecule has 0 radical (unpaired) electrons. The molecule has 23 heavy (non-hydrogen) atoms. The molecule has 0 fully saturated rings. The monoisotopic (exact) mass is 331 g/mol. The number of benzene rings is 1. The first-order valence-corrected chi connectivity index (χ1v) is 8.17. The molecule has 0 spiro atoms. The second-order valence-corrected chi connectivity index (χ2v) is 6.26. The topological polar surface area (TPSA) is 71.5 Å². The van der Waals surface area contributed by atoms with Gasteiger partial charge in [0.25, 0.3) is 17.4 Å². The van der Waals surface area contributed by atoms with E-state index in [-0.39, 0.29) is 5.91 Å². The number of hydrogen-bond donors (Lipinski definition) is 1. The SMILES string of the molecule is CCN1C(=O)C(C)(C(=O)Nc2nc(C)cs2)Oc2ccccc21. The van der Waals surface area contributed by atoms with Crippen LogP contribution in [-0.4, -0.2) is 28.9 Å². The zero-order valence-corrected chi connectivity index (χ0v) is 13.9. The molecule has 2 amide bonds. The van der Waals surface area contributed by atoms with Crippen LogP contribution in [0, 0.1) is 6.92 Å². The number of carbonyl (C=O) groups is 2. The van der Waals surface area contributed by atoms with Crippen LogP contribution in [-0.2, 0) is 9.59 Å². The lowest BCUT2D eigenvalue weighted by atomic mass is 10.00. The molecular formula is C16H17N3O3S. The lowest BCUT2D eigenvalue weighted by Crippen LogP contribution is -2.60. The Hall–Kier alpha value is -2.41. The minimum Gasteiger partial charge on any atom is -0.465 e. The Bertz CT molecular complexity index is 773. The summed E-state index contributed by atoms with van der Waals surface area (Å²) in [6.07, 6.45) is 0. The standard InChI is InChI=1S/C16H17N3O3S/c1-4-19-11-7-5-6-8-12(11)22-16(3,14(19)21)13(20)18-15-17-10(2)9-23-15/h5-9H,4H2,1-3H3,(H,17,18,20). The van der Waals surface area contributed by atoms with Gasteiger partial charge in [0, 0.05) is 11.9 Å². The molecule has 0 saturated heterocycles. The second kappa shape index (κ2) is 5.66. The highest BCUT2D eigenvalue weighted by molar-refractivity contribution is 7.13.